The highest BCUT2D eigenvalue weighted by Gasteiger charge is 2.22. The lowest BCUT2D eigenvalue weighted by Crippen LogP contribution is -2.36. The Balaban J connectivity index is 1.55. The number of carboxylic acid groups (broad SMARTS) is 1. The van der Waals surface area contributed by atoms with Crippen molar-refractivity contribution in [2.24, 2.45) is 0 Å². The standard InChI is InChI=1S/C19H19N5O3/c25-17(26)12-24-8-1-2-14(24)10-23-9-5-16-15(11-23)19(27)22-18(21-16)13-3-6-20-7-4-13/h1-4,6-8H,5,9-12H2,(H,25,26)(H,21,22,27). The van der Waals surface area contributed by atoms with Crippen LogP contribution in [0.2, 0.25) is 0 Å². The minimum Gasteiger partial charge on any atom is -0.480 e. The molecule has 1 aliphatic rings. The fraction of sp³-hybridized carbons (Fsp3) is 0.263. The first-order valence-corrected chi connectivity index (χ1v) is 8.71. The van der Waals surface area contributed by atoms with Crippen LogP contribution in [-0.4, -0.2) is 42.0 Å². The Morgan fingerprint density at radius 2 is 2.07 bits per heavy atom. The molecule has 1 aliphatic heterocycles. The molecule has 8 nitrogen and oxygen atoms in total. The molecular weight excluding hydrogens is 346 g/mol. The van der Waals surface area contributed by atoms with Crippen LogP contribution >= 0.6 is 0 Å². The Morgan fingerprint density at radius 3 is 2.85 bits per heavy atom. The molecule has 4 heterocycles. The number of carboxylic acids is 1. The first-order valence-electron chi connectivity index (χ1n) is 8.71. The third-order valence-electron chi connectivity index (χ3n) is 4.72. The number of fused-ring (bicyclic) bond motifs is 1. The number of carbonyl (C=O) groups is 1. The average molecular weight is 365 g/mol. The summed E-state index contributed by atoms with van der Waals surface area (Å²) in [5.74, 6) is -0.314. The summed E-state index contributed by atoms with van der Waals surface area (Å²) in [5.41, 5.74) is 3.12. The van der Waals surface area contributed by atoms with Crippen molar-refractivity contribution in [3.8, 4) is 11.4 Å². The van der Waals surface area contributed by atoms with Gasteiger partial charge in [-0.3, -0.25) is 19.5 Å². The zero-order valence-electron chi connectivity index (χ0n) is 14.6. The summed E-state index contributed by atoms with van der Waals surface area (Å²) >= 11 is 0. The van der Waals surface area contributed by atoms with Gasteiger partial charge in [0.25, 0.3) is 5.56 Å². The molecule has 0 radical (unpaired) electrons. The number of hydrogen-bond donors (Lipinski definition) is 2. The summed E-state index contributed by atoms with van der Waals surface area (Å²) in [4.78, 5) is 37.2. The van der Waals surface area contributed by atoms with Gasteiger partial charge in [-0.1, -0.05) is 0 Å². The summed E-state index contributed by atoms with van der Waals surface area (Å²) in [6.45, 7) is 1.78. The topological polar surface area (TPSA) is 104 Å². The van der Waals surface area contributed by atoms with Crippen molar-refractivity contribution in [1.29, 1.82) is 0 Å². The lowest BCUT2D eigenvalue weighted by molar-refractivity contribution is -0.137. The molecule has 4 rings (SSSR count). The molecule has 0 aromatic carbocycles. The van der Waals surface area contributed by atoms with E-state index in [4.69, 9.17) is 5.11 Å². The Labute approximate surface area is 155 Å². The van der Waals surface area contributed by atoms with Crippen LogP contribution in [0, 0.1) is 0 Å². The van der Waals surface area contributed by atoms with E-state index in [-0.39, 0.29) is 12.1 Å². The van der Waals surface area contributed by atoms with Crippen molar-refractivity contribution in [1.82, 2.24) is 24.4 Å². The molecule has 8 heteroatoms. The van der Waals surface area contributed by atoms with Crippen LogP contribution in [0.3, 0.4) is 0 Å². The highest BCUT2D eigenvalue weighted by Crippen LogP contribution is 2.19. The van der Waals surface area contributed by atoms with Gasteiger partial charge in [-0.05, 0) is 24.3 Å². The SMILES string of the molecule is O=C(O)Cn1cccc1CN1CCc2nc(-c3ccncc3)[nH]c(=O)c2C1. The van der Waals surface area contributed by atoms with Crippen LogP contribution in [0.5, 0.6) is 0 Å². The van der Waals surface area contributed by atoms with Gasteiger partial charge in [0.15, 0.2) is 0 Å². The smallest absolute Gasteiger partial charge is 0.323 e. The van der Waals surface area contributed by atoms with Crippen molar-refractivity contribution in [3.63, 3.8) is 0 Å². The normalized spacial score (nSPS) is 14.1. The van der Waals surface area contributed by atoms with E-state index in [9.17, 15) is 9.59 Å². The number of H-pyrrole nitrogens is 1. The van der Waals surface area contributed by atoms with Crippen molar-refractivity contribution in [2.45, 2.75) is 26.1 Å². The van der Waals surface area contributed by atoms with Gasteiger partial charge >= 0.3 is 5.97 Å². The molecule has 0 saturated heterocycles. The second-order valence-corrected chi connectivity index (χ2v) is 6.56. The third-order valence-corrected chi connectivity index (χ3v) is 4.72. The highest BCUT2D eigenvalue weighted by atomic mass is 16.4. The van der Waals surface area contributed by atoms with Gasteiger partial charge in [-0.15, -0.1) is 0 Å². The van der Waals surface area contributed by atoms with E-state index in [1.165, 1.54) is 0 Å². The molecule has 0 atom stereocenters. The Morgan fingerprint density at radius 1 is 1.26 bits per heavy atom. The fourth-order valence-electron chi connectivity index (χ4n) is 3.38. The third kappa shape index (κ3) is 3.65. The van der Waals surface area contributed by atoms with Gasteiger partial charge in [-0.25, -0.2) is 4.98 Å². The maximum absolute atomic E-state index is 12.6. The minimum absolute atomic E-state index is 0.0653. The van der Waals surface area contributed by atoms with Crippen LogP contribution in [0.25, 0.3) is 11.4 Å². The monoisotopic (exact) mass is 365 g/mol. The number of aromatic amines is 1. The van der Waals surface area contributed by atoms with Crippen molar-refractivity contribution in [2.75, 3.05) is 6.54 Å². The zero-order valence-corrected chi connectivity index (χ0v) is 14.6. The van der Waals surface area contributed by atoms with Crippen LogP contribution < -0.4 is 5.56 Å². The number of rotatable bonds is 5. The highest BCUT2D eigenvalue weighted by molar-refractivity contribution is 5.66. The molecule has 0 unspecified atom stereocenters. The number of nitrogens with one attached hydrogen (secondary N) is 1. The fourth-order valence-corrected chi connectivity index (χ4v) is 3.38. The van der Waals surface area contributed by atoms with Crippen LogP contribution in [0.1, 0.15) is 17.0 Å². The lowest BCUT2D eigenvalue weighted by atomic mass is 10.1. The Bertz CT molecular complexity index is 1030. The summed E-state index contributed by atoms with van der Waals surface area (Å²) in [5, 5.41) is 9.01. The Kier molecular flexibility index (Phi) is 4.55. The van der Waals surface area contributed by atoms with Gasteiger partial charge < -0.3 is 14.7 Å². The second kappa shape index (κ2) is 7.16. The van der Waals surface area contributed by atoms with E-state index >= 15 is 0 Å². The molecule has 0 fully saturated rings. The Hall–Kier alpha value is -3.26. The summed E-state index contributed by atoms with van der Waals surface area (Å²) in [7, 11) is 0. The van der Waals surface area contributed by atoms with E-state index in [1.807, 2.05) is 24.3 Å². The number of aliphatic carboxylic acids is 1. The van der Waals surface area contributed by atoms with E-state index in [0.717, 1.165) is 23.5 Å². The molecular formula is C19H19N5O3. The van der Waals surface area contributed by atoms with Gasteiger partial charge in [-0.2, -0.15) is 0 Å². The molecule has 0 spiro atoms. The first-order chi connectivity index (χ1) is 13.1. The second-order valence-electron chi connectivity index (χ2n) is 6.56. The van der Waals surface area contributed by atoms with Gasteiger partial charge in [0.2, 0.25) is 0 Å². The maximum Gasteiger partial charge on any atom is 0.323 e. The molecule has 3 aromatic heterocycles. The first kappa shape index (κ1) is 17.2. The molecule has 0 amide bonds. The quantitative estimate of drug-likeness (QED) is 0.706. The van der Waals surface area contributed by atoms with Crippen molar-refractivity contribution in [3.05, 3.63) is 70.2 Å². The summed E-state index contributed by atoms with van der Waals surface area (Å²) < 4.78 is 1.72. The number of aromatic nitrogens is 4. The molecule has 27 heavy (non-hydrogen) atoms. The van der Waals surface area contributed by atoms with E-state index in [0.29, 0.717) is 30.9 Å². The predicted octanol–water partition coefficient (Wildman–Crippen LogP) is 1.28. The molecule has 0 aliphatic carbocycles. The molecule has 3 aromatic rings. The number of hydrogen-bond acceptors (Lipinski definition) is 5. The van der Waals surface area contributed by atoms with E-state index in [2.05, 4.69) is 19.9 Å². The van der Waals surface area contributed by atoms with Crippen LogP contribution in [-0.2, 0) is 30.8 Å². The van der Waals surface area contributed by atoms with Crippen molar-refractivity contribution < 1.29 is 9.90 Å². The molecule has 0 bridgehead atoms. The van der Waals surface area contributed by atoms with Gasteiger partial charge in [0.1, 0.15) is 12.4 Å². The van der Waals surface area contributed by atoms with Crippen LogP contribution in [0.4, 0.5) is 0 Å². The van der Waals surface area contributed by atoms with Gasteiger partial charge in [0.05, 0.1) is 11.3 Å². The molecule has 0 saturated carbocycles. The number of pyridine rings is 1. The lowest BCUT2D eigenvalue weighted by Gasteiger charge is -2.28. The van der Waals surface area contributed by atoms with Gasteiger partial charge in [0, 0.05) is 55.9 Å². The predicted molar refractivity (Wildman–Crippen MR) is 98.0 cm³/mol. The molecule has 2 N–H and O–H groups in total. The average Bonchev–Trinajstić information content (AvgIpc) is 3.09. The maximum atomic E-state index is 12.6. The zero-order chi connectivity index (χ0) is 18.8. The summed E-state index contributed by atoms with van der Waals surface area (Å²) in [6.07, 6.45) is 5.78. The largest absolute Gasteiger partial charge is 0.480 e. The minimum atomic E-state index is -0.874. The summed E-state index contributed by atoms with van der Waals surface area (Å²) in [6, 6.07) is 7.38. The molecule has 138 valence electrons. The van der Waals surface area contributed by atoms with Crippen LogP contribution in [0.15, 0.2) is 47.7 Å². The van der Waals surface area contributed by atoms with E-state index in [1.54, 1.807) is 23.2 Å². The number of nitrogens with zero attached hydrogens (tertiary/aromatic N) is 4. The van der Waals surface area contributed by atoms with Crippen molar-refractivity contribution >= 4 is 5.97 Å². The van der Waals surface area contributed by atoms with E-state index < -0.39 is 5.97 Å².